The first-order valence-electron chi connectivity index (χ1n) is 9.02. The van der Waals surface area contributed by atoms with Gasteiger partial charge in [0.2, 0.25) is 5.91 Å². The maximum Gasteiger partial charge on any atom is 0.237 e. The molecule has 1 aromatic carbocycles. The van der Waals surface area contributed by atoms with Gasteiger partial charge < -0.3 is 9.64 Å². The van der Waals surface area contributed by atoms with Crippen LogP contribution in [0.5, 0.6) is 0 Å². The third-order valence-corrected chi connectivity index (χ3v) is 5.82. The molecule has 1 atom stereocenters. The summed E-state index contributed by atoms with van der Waals surface area (Å²) in [7, 11) is -3.57. The number of nitrogens with zero attached hydrogens (tertiary/aromatic N) is 2. The van der Waals surface area contributed by atoms with E-state index >= 15 is 0 Å². The second-order valence-electron chi connectivity index (χ2n) is 6.67. The third-order valence-electron chi connectivity index (χ3n) is 4.36. The minimum Gasteiger partial charge on any atom is -0.376 e. The zero-order chi connectivity index (χ0) is 19.0. The highest BCUT2D eigenvalue weighted by Crippen LogP contribution is 2.15. The maximum atomic E-state index is 12.6. The molecule has 1 heterocycles. The normalized spacial score (nSPS) is 17.5. The zero-order valence-corrected chi connectivity index (χ0v) is 16.0. The van der Waals surface area contributed by atoms with E-state index in [9.17, 15) is 13.2 Å². The van der Waals surface area contributed by atoms with Crippen molar-refractivity contribution in [3.05, 3.63) is 35.4 Å². The van der Waals surface area contributed by atoms with Crippen LogP contribution in [0, 0.1) is 11.3 Å². The Morgan fingerprint density at radius 2 is 2.04 bits per heavy atom. The van der Waals surface area contributed by atoms with Gasteiger partial charge >= 0.3 is 0 Å². The summed E-state index contributed by atoms with van der Waals surface area (Å²) in [6, 6.07) is 8.38. The lowest BCUT2D eigenvalue weighted by atomic mass is 10.1. The molecule has 26 heavy (non-hydrogen) atoms. The molecule has 1 unspecified atom stereocenters. The first kappa shape index (κ1) is 20.4. The monoisotopic (exact) mass is 378 g/mol. The van der Waals surface area contributed by atoms with E-state index < -0.39 is 15.6 Å². The number of carbonyl (C=O) groups excluding carboxylic acids is 1. The number of nitriles is 1. The number of ether oxygens (including phenoxy) is 1. The molecule has 1 saturated heterocycles. The van der Waals surface area contributed by atoms with Gasteiger partial charge in [0.1, 0.15) is 5.75 Å². The number of sulfone groups is 1. The van der Waals surface area contributed by atoms with Gasteiger partial charge in [-0.3, -0.25) is 4.79 Å². The standard InChI is InChI=1S/C19H26N2O4S/c1-2-10-21(13-18-5-3-4-11-25-18)19(22)15-26(23,24)14-17-8-6-16(12-20)7-9-17/h6-9,18H,2-5,10-11,13-15H2,1H3. The molecule has 1 aromatic rings. The summed E-state index contributed by atoms with van der Waals surface area (Å²) in [6.07, 6.45) is 3.80. The third kappa shape index (κ3) is 6.43. The predicted molar refractivity (Wildman–Crippen MR) is 99.1 cm³/mol. The summed E-state index contributed by atoms with van der Waals surface area (Å²) in [5.74, 6) is -1.07. The average Bonchev–Trinajstić information content (AvgIpc) is 2.62. The Labute approximate surface area is 155 Å². The van der Waals surface area contributed by atoms with Crippen LogP contribution in [0.25, 0.3) is 0 Å². The first-order chi connectivity index (χ1) is 12.4. The fourth-order valence-corrected chi connectivity index (χ4v) is 4.41. The molecule has 0 radical (unpaired) electrons. The summed E-state index contributed by atoms with van der Waals surface area (Å²) in [5.41, 5.74) is 1.05. The molecule has 6 nitrogen and oxygen atoms in total. The summed E-state index contributed by atoms with van der Waals surface area (Å²) in [4.78, 5) is 14.2. The fourth-order valence-electron chi connectivity index (χ4n) is 3.04. The minimum atomic E-state index is -3.57. The maximum absolute atomic E-state index is 12.6. The van der Waals surface area contributed by atoms with Crippen LogP contribution in [0.15, 0.2) is 24.3 Å². The molecule has 1 amide bonds. The van der Waals surface area contributed by atoms with Gasteiger partial charge in [-0.15, -0.1) is 0 Å². The number of amides is 1. The van der Waals surface area contributed by atoms with E-state index in [2.05, 4.69) is 0 Å². The molecule has 7 heteroatoms. The highest BCUT2D eigenvalue weighted by atomic mass is 32.2. The lowest BCUT2D eigenvalue weighted by molar-refractivity contribution is -0.131. The number of carbonyl (C=O) groups is 1. The average molecular weight is 378 g/mol. The zero-order valence-electron chi connectivity index (χ0n) is 15.2. The van der Waals surface area contributed by atoms with Crippen LogP contribution in [0.3, 0.4) is 0 Å². The number of rotatable bonds is 8. The molecule has 0 saturated carbocycles. The van der Waals surface area contributed by atoms with Gasteiger partial charge in [-0.25, -0.2) is 8.42 Å². The molecular formula is C19H26N2O4S. The summed E-state index contributed by atoms with van der Waals surface area (Å²) in [6.45, 7) is 3.66. The molecule has 0 spiro atoms. The van der Waals surface area contributed by atoms with Crippen LogP contribution in [-0.2, 0) is 25.1 Å². The van der Waals surface area contributed by atoms with Crippen molar-refractivity contribution in [3.8, 4) is 6.07 Å². The van der Waals surface area contributed by atoms with E-state index in [1.165, 1.54) is 0 Å². The van der Waals surface area contributed by atoms with Gasteiger partial charge in [0.25, 0.3) is 0 Å². The van der Waals surface area contributed by atoms with Crippen molar-refractivity contribution in [2.24, 2.45) is 0 Å². The van der Waals surface area contributed by atoms with Crippen LogP contribution in [0.1, 0.15) is 43.7 Å². The molecule has 0 N–H and O–H groups in total. The molecule has 0 aromatic heterocycles. The lowest BCUT2D eigenvalue weighted by Crippen LogP contribution is -2.42. The van der Waals surface area contributed by atoms with Gasteiger partial charge in [-0.1, -0.05) is 19.1 Å². The second kappa shape index (κ2) is 9.70. The number of hydrogen-bond acceptors (Lipinski definition) is 5. The van der Waals surface area contributed by atoms with Gasteiger partial charge in [0.05, 0.1) is 23.5 Å². The molecule has 1 aliphatic rings. The Morgan fingerprint density at radius 3 is 2.62 bits per heavy atom. The largest absolute Gasteiger partial charge is 0.376 e. The van der Waals surface area contributed by atoms with Crippen molar-refractivity contribution in [2.75, 3.05) is 25.4 Å². The highest BCUT2D eigenvalue weighted by Gasteiger charge is 2.25. The van der Waals surface area contributed by atoms with E-state index in [-0.39, 0.29) is 17.8 Å². The van der Waals surface area contributed by atoms with Crippen molar-refractivity contribution < 1.29 is 17.9 Å². The van der Waals surface area contributed by atoms with Gasteiger partial charge in [0, 0.05) is 19.7 Å². The molecule has 1 aliphatic heterocycles. The van der Waals surface area contributed by atoms with E-state index in [0.29, 0.717) is 30.8 Å². The summed E-state index contributed by atoms with van der Waals surface area (Å²) in [5, 5.41) is 8.80. The van der Waals surface area contributed by atoms with Crippen molar-refractivity contribution >= 4 is 15.7 Å². The molecule has 1 fully saturated rings. The van der Waals surface area contributed by atoms with E-state index in [0.717, 1.165) is 25.7 Å². The van der Waals surface area contributed by atoms with Crippen LogP contribution in [-0.4, -0.2) is 50.8 Å². The Bertz CT molecular complexity index is 732. The van der Waals surface area contributed by atoms with Crippen LogP contribution < -0.4 is 0 Å². The Morgan fingerprint density at radius 1 is 1.31 bits per heavy atom. The van der Waals surface area contributed by atoms with Crippen molar-refractivity contribution in [2.45, 2.75) is 44.5 Å². The van der Waals surface area contributed by atoms with Crippen molar-refractivity contribution in [3.63, 3.8) is 0 Å². The second-order valence-corrected chi connectivity index (χ2v) is 8.73. The van der Waals surface area contributed by atoms with Gasteiger partial charge in [-0.05, 0) is 43.4 Å². The van der Waals surface area contributed by atoms with E-state index in [1.807, 2.05) is 13.0 Å². The van der Waals surface area contributed by atoms with Crippen molar-refractivity contribution in [1.82, 2.24) is 4.90 Å². The Balaban J connectivity index is 1.97. The summed E-state index contributed by atoms with van der Waals surface area (Å²) >= 11 is 0. The van der Waals surface area contributed by atoms with Crippen molar-refractivity contribution in [1.29, 1.82) is 5.26 Å². The summed E-state index contributed by atoms with van der Waals surface area (Å²) < 4.78 is 30.5. The lowest BCUT2D eigenvalue weighted by Gasteiger charge is -2.29. The predicted octanol–water partition coefficient (Wildman–Crippen LogP) is 2.28. The number of hydrogen-bond donors (Lipinski definition) is 0. The van der Waals surface area contributed by atoms with Gasteiger partial charge in [0.15, 0.2) is 9.84 Å². The molecule has 0 bridgehead atoms. The van der Waals surface area contributed by atoms with Crippen LogP contribution >= 0.6 is 0 Å². The van der Waals surface area contributed by atoms with E-state index in [4.69, 9.17) is 10.00 Å². The SMILES string of the molecule is CCCN(CC1CCCCO1)C(=O)CS(=O)(=O)Cc1ccc(C#N)cc1. The minimum absolute atomic E-state index is 0.000445. The Hall–Kier alpha value is -1.91. The number of benzene rings is 1. The van der Waals surface area contributed by atoms with Crippen LogP contribution in [0.4, 0.5) is 0 Å². The highest BCUT2D eigenvalue weighted by molar-refractivity contribution is 7.91. The topological polar surface area (TPSA) is 87.5 Å². The Kier molecular flexibility index (Phi) is 7.61. The quantitative estimate of drug-likeness (QED) is 0.692. The van der Waals surface area contributed by atoms with Gasteiger partial charge in [-0.2, -0.15) is 5.26 Å². The molecule has 0 aliphatic carbocycles. The molecule has 2 rings (SSSR count). The smallest absolute Gasteiger partial charge is 0.237 e. The first-order valence-corrected chi connectivity index (χ1v) is 10.8. The molecular weight excluding hydrogens is 352 g/mol. The van der Waals surface area contributed by atoms with E-state index in [1.54, 1.807) is 29.2 Å². The van der Waals surface area contributed by atoms with Crippen LogP contribution in [0.2, 0.25) is 0 Å². The molecule has 142 valence electrons. The fraction of sp³-hybridized carbons (Fsp3) is 0.579.